The largest absolute Gasteiger partial charge is 0.449 e. The average Bonchev–Trinajstić information content (AvgIpc) is 2.78. The maximum atomic E-state index is 6.06. The molecule has 1 aliphatic heterocycles. The van der Waals surface area contributed by atoms with E-state index in [9.17, 15) is 0 Å². The van der Waals surface area contributed by atoms with Gasteiger partial charge in [0.1, 0.15) is 5.82 Å². The van der Waals surface area contributed by atoms with Crippen molar-refractivity contribution in [3.8, 4) is 22.8 Å². The summed E-state index contributed by atoms with van der Waals surface area (Å²) in [5, 5.41) is 0. The quantitative estimate of drug-likeness (QED) is 0.777. The Kier molecular flexibility index (Phi) is 3.40. The lowest BCUT2D eigenvalue weighted by Gasteiger charge is -2.18. The molecule has 0 unspecified atom stereocenters. The molecular weight excluding hydrogens is 288 g/mol. The Morgan fingerprint density at radius 1 is 0.696 bits per heavy atom. The summed E-state index contributed by atoms with van der Waals surface area (Å²) in [4.78, 5) is 9.19. The third-order valence-corrected chi connectivity index (χ3v) is 4.63. The Labute approximate surface area is 137 Å². The lowest BCUT2D eigenvalue weighted by Crippen LogP contribution is -2.30. The molecule has 0 aliphatic carbocycles. The van der Waals surface area contributed by atoms with Gasteiger partial charge in [-0.2, -0.15) is 0 Å². The molecule has 122 valence electrons. The van der Waals surface area contributed by atoms with E-state index < -0.39 is 5.79 Å². The zero-order valence-corrected chi connectivity index (χ0v) is 15.2. The van der Waals surface area contributed by atoms with E-state index >= 15 is 0 Å². The van der Waals surface area contributed by atoms with Crippen LogP contribution in [0.5, 0.6) is 11.5 Å². The molecule has 0 saturated heterocycles. The van der Waals surface area contributed by atoms with Crippen molar-refractivity contribution in [2.24, 2.45) is 0 Å². The number of aromatic nitrogens is 2. The third kappa shape index (κ3) is 2.37. The van der Waals surface area contributed by atoms with Gasteiger partial charge in [-0.25, -0.2) is 9.97 Å². The normalized spacial score (nSPS) is 15.1. The first-order chi connectivity index (χ1) is 10.6. The summed E-state index contributed by atoms with van der Waals surface area (Å²) < 4.78 is 12.1. The first-order valence-electron chi connectivity index (χ1n) is 7.96. The van der Waals surface area contributed by atoms with Crippen LogP contribution in [0.2, 0.25) is 0 Å². The van der Waals surface area contributed by atoms with Crippen LogP contribution < -0.4 is 9.47 Å². The van der Waals surface area contributed by atoms with Crippen LogP contribution in [0, 0.1) is 41.5 Å². The molecule has 2 heterocycles. The van der Waals surface area contributed by atoms with Gasteiger partial charge in [0.25, 0.3) is 0 Å². The summed E-state index contributed by atoms with van der Waals surface area (Å²) in [5.41, 5.74) is 7.62. The highest BCUT2D eigenvalue weighted by Gasteiger charge is 2.36. The van der Waals surface area contributed by atoms with E-state index in [4.69, 9.17) is 14.5 Å². The standard InChI is InChI=1S/C19H24N2O2/c1-9-10(2)17-18(23-19(7,8)22-17)12(4)15(9)16-11(3)13(5)20-14(6)21-16/h1-8H3. The van der Waals surface area contributed by atoms with Crippen LogP contribution in [-0.2, 0) is 0 Å². The highest BCUT2D eigenvalue weighted by atomic mass is 16.7. The summed E-state index contributed by atoms with van der Waals surface area (Å²) in [6.45, 7) is 16.2. The predicted octanol–water partition coefficient (Wildman–Crippen LogP) is 4.50. The Balaban J connectivity index is 2.34. The van der Waals surface area contributed by atoms with Crippen molar-refractivity contribution in [3.63, 3.8) is 0 Å². The van der Waals surface area contributed by atoms with Gasteiger partial charge in [-0.1, -0.05) is 0 Å². The van der Waals surface area contributed by atoms with Crippen LogP contribution >= 0.6 is 0 Å². The van der Waals surface area contributed by atoms with Crippen LogP contribution in [-0.4, -0.2) is 15.8 Å². The van der Waals surface area contributed by atoms with Crippen molar-refractivity contribution in [2.45, 2.75) is 61.2 Å². The fraction of sp³-hybridized carbons (Fsp3) is 0.474. The molecule has 0 bridgehead atoms. The van der Waals surface area contributed by atoms with E-state index in [-0.39, 0.29) is 0 Å². The Hall–Kier alpha value is -2.10. The highest BCUT2D eigenvalue weighted by Crippen LogP contribution is 2.49. The molecule has 0 amide bonds. The molecule has 4 nitrogen and oxygen atoms in total. The SMILES string of the molecule is Cc1nc(C)c(C)c(-c2c(C)c(C)c3c(c2C)OC(C)(C)O3)n1. The second-order valence-electron chi connectivity index (χ2n) is 6.84. The Bertz CT molecular complexity index is 823. The molecule has 0 atom stereocenters. The van der Waals surface area contributed by atoms with Crippen molar-refractivity contribution in [1.82, 2.24) is 9.97 Å². The first kappa shape index (κ1) is 15.8. The minimum absolute atomic E-state index is 0.629. The maximum absolute atomic E-state index is 6.06. The number of aryl methyl sites for hydroxylation is 2. The minimum Gasteiger partial charge on any atom is -0.449 e. The number of fused-ring (bicyclic) bond motifs is 1. The fourth-order valence-electron chi connectivity index (χ4n) is 3.22. The molecule has 1 aliphatic rings. The molecule has 0 fully saturated rings. The third-order valence-electron chi connectivity index (χ3n) is 4.63. The molecule has 4 heteroatoms. The Morgan fingerprint density at radius 2 is 1.26 bits per heavy atom. The van der Waals surface area contributed by atoms with E-state index in [0.717, 1.165) is 51.0 Å². The van der Waals surface area contributed by atoms with Crippen LogP contribution in [0.25, 0.3) is 11.3 Å². The van der Waals surface area contributed by atoms with Gasteiger partial charge in [-0.05, 0) is 58.2 Å². The zero-order chi connectivity index (χ0) is 17.1. The molecule has 0 N–H and O–H groups in total. The van der Waals surface area contributed by atoms with Crippen LogP contribution in [0.15, 0.2) is 0 Å². The lowest BCUT2D eigenvalue weighted by molar-refractivity contribution is -0.0436. The van der Waals surface area contributed by atoms with E-state index in [0.29, 0.717) is 0 Å². The summed E-state index contributed by atoms with van der Waals surface area (Å²) >= 11 is 0. The minimum atomic E-state index is -0.629. The van der Waals surface area contributed by atoms with E-state index in [2.05, 4.69) is 32.7 Å². The number of rotatable bonds is 1. The van der Waals surface area contributed by atoms with Gasteiger partial charge < -0.3 is 9.47 Å². The van der Waals surface area contributed by atoms with Gasteiger partial charge in [-0.15, -0.1) is 0 Å². The van der Waals surface area contributed by atoms with Crippen LogP contribution in [0.3, 0.4) is 0 Å². The molecule has 3 rings (SSSR count). The Morgan fingerprint density at radius 3 is 1.87 bits per heavy atom. The molecule has 0 spiro atoms. The molecule has 1 aromatic heterocycles. The number of hydrogen-bond acceptors (Lipinski definition) is 4. The van der Waals surface area contributed by atoms with Gasteiger partial charge in [0.2, 0.25) is 5.79 Å². The number of nitrogens with zero attached hydrogens (tertiary/aromatic N) is 2. The van der Waals surface area contributed by atoms with Gasteiger partial charge >= 0.3 is 0 Å². The first-order valence-corrected chi connectivity index (χ1v) is 7.96. The van der Waals surface area contributed by atoms with Crippen molar-refractivity contribution < 1.29 is 9.47 Å². The second-order valence-corrected chi connectivity index (χ2v) is 6.84. The van der Waals surface area contributed by atoms with Crippen LogP contribution in [0.1, 0.15) is 47.6 Å². The monoisotopic (exact) mass is 312 g/mol. The van der Waals surface area contributed by atoms with Crippen LogP contribution in [0.4, 0.5) is 0 Å². The predicted molar refractivity (Wildman–Crippen MR) is 91.2 cm³/mol. The molecule has 2 aromatic rings. The van der Waals surface area contributed by atoms with Crippen molar-refractivity contribution in [2.75, 3.05) is 0 Å². The van der Waals surface area contributed by atoms with Gasteiger partial charge in [0, 0.05) is 30.7 Å². The van der Waals surface area contributed by atoms with Gasteiger partial charge in [0.15, 0.2) is 11.5 Å². The summed E-state index contributed by atoms with van der Waals surface area (Å²) in [5.74, 6) is 1.85. The molecule has 1 aromatic carbocycles. The average molecular weight is 312 g/mol. The van der Waals surface area contributed by atoms with Crippen molar-refractivity contribution >= 4 is 0 Å². The van der Waals surface area contributed by atoms with E-state index in [1.807, 2.05) is 27.7 Å². The van der Waals surface area contributed by atoms with Gasteiger partial charge in [-0.3, -0.25) is 0 Å². The van der Waals surface area contributed by atoms with E-state index in [1.165, 1.54) is 5.56 Å². The molecule has 23 heavy (non-hydrogen) atoms. The smallest absolute Gasteiger partial charge is 0.246 e. The summed E-state index contributed by atoms with van der Waals surface area (Å²) in [6.07, 6.45) is 0. The van der Waals surface area contributed by atoms with E-state index in [1.54, 1.807) is 0 Å². The number of hydrogen-bond donors (Lipinski definition) is 0. The van der Waals surface area contributed by atoms with Crippen molar-refractivity contribution in [3.05, 3.63) is 33.8 Å². The maximum Gasteiger partial charge on any atom is 0.246 e. The molecular formula is C19H24N2O2. The number of benzene rings is 1. The lowest BCUT2D eigenvalue weighted by atomic mass is 9.92. The fourth-order valence-corrected chi connectivity index (χ4v) is 3.22. The highest BCUT2D eigenvalue weighted by molar-refractivity contribution is 5.78. The topological polar surface area (TPSA) is 44.2 Å². The zero-order valence-electron chi connectivity index (χ0n) is 15.2. The summed E-state index contributed by atoms with van der Waals surface area (Å²) in [6, 6.07) is 0. The van der Waals surface area contributed by atoms with Crippen molar-refractivity contribution in [1.29, 1.82) is 0 Å². The molecule has 0 radical (unpaired) electrons. The molecule has 0 saturated carbocycles. The summed E-state index contributed by atoms with van der Waals surface area (Å²) in [7, 11) is 0. The number of ether oxygens (including phenoxy) is 2. The van der Waals surface area contributed by atoms with Gasteiger partial charge in [0.05, 0.1) is 5.69 Å². The second kappa shape index (κ2) is 4.95.